The molecule has 1 aliphatic carbocycles. The zero-order valence-electron chi connectivity index (χ0n) is 15.1. The molecule has 0 spiro atoms. The summed E-state index contributed by atoms with van der Waals surface area (Å²) >= 11 is 0. The summed E-state index contributed by atoms with van der Waals surface area (Å²) in [5.74, 6) is -1.95. The minimum absolute atomic E-state index is 0.0531. The minimum Gasteiger partial charge on any atom is -0.331 e. The first-order chi connectivity index (χ1) is 13.1. The average molecular weight is 371 g/mol. The van der Waals surface area contributed by atoms with Gasteiger partial charge in [-0.05, 0) is 43.9 Å². The lowest BCUT2D eigenvalue weighted by atomic mass is 9.66. The molecule has 1 amide bonds. The van der Waals surface area contributed by atoms with Crippen molar-refractivity contribution in [2.24, 2.45) is 5.73 Å². The van der Waals surface area contributed by atoms with Gasteiger partial charge in [0.1, 0.15) is 0 Å². The number of carbonyl (C=O) groups is 1. The Morgan fingerprint density at radius 1 is 1.22 bits per heavy atom. The van der Waals surface area contributed by atoms with Crippen LogP contribution in [-0.4, -0.2) is 28.9 Å². The molecule has 1 aromatic carbocycles. The van der Waals surface area contributed by atoms with E-state index in [1.807, 2.05) is 6.07 Å². The van der Waals surface area contributed by atoms with Crippen LogP contribution in [0.1, 0.15) is 59.8 Å². The number of rotatable bonds is 4. The summed E-state index contributed by atoms with van der Waals surface area (Å²) in [6.07, 6.45) is 6.16. The monoisotopic (exact) mass is 371 g/mol. The molecule has 1 aliphatic heterocycles. The highest BCUT2D eigenvalue weighted by atomic mass is 19.2. The Morgan fingerprint density at radius 2 is 2.04 bits per heavy atom. The molecule has 1 aromatic heterocycles. The fraction of sp³-hybridized carbons (Fsp3) is 0.429. The van der Waals surface area contributed by atoms with E-state index in [-0.39, 0.29) is 16.9 Å². The van der Waals surface area contributed by atoms with E-state index in [0.717, 1.165) is 37.4 Å². The summed E-state index contributed by atoms with van der Waals surface area (Å²) in [4.78, 5) is 19.1. The number of aromatic nitrogens is 1. The Balaban J connectivity index is 1.57. The molecule has 1 unspecified atom stereocenters. The van der Waals surface area contributed by atoms with Crippen molar-refractivity contribution in [1.29, 1.82) is 0 Å². The van der Waals surface area contributed by atoms with Crippen molar-refractivity contribution in [2.75, 3.05) is 13.1 Å². The van der Waals surface area contributed by atoms with Crippen LogP contribution in [0.5, 0.6) is 0 Å². The Kier molecular flexibility index (Phi) is 4.68. The van der Waals surface area contributed by atoms with Crippen LogP contribution in [0.25, 0.3) is 0 Å². The van der Waals surface area contributed by atoms with E-state index in [2.05, 4.69) is 4.98 Å². The molecule has 4 rings (SSSR count). The number of benzene rings is 1. The Hall–Kier alpha value is -2.34. The third-order valence-electron chi connectivity index (χ3n) is 6.11. The van der Waals surface area contributed by atoms with E-state index in [9.17, 15) is 13.6 Å². The third kappa shape index (κ3) is 3.02. The van der Waals surface area contributed by atoms with Gasteiger partial charge in [0.15, 0.2) is 11.6 Å². The number of pyridine rings is 1. The summed E-state index contributed by atoms with van der Waals surface area (Å²) in [5, 5.41) is 0. The molecule has 1 saturated carbocycles. The second-order valence-corrected chi connectivity index (χ2v) is 7.57. The average Bonchev–Trinajstić information content (AvgIpc) is 3.13. The summed E-state index contributed by atoms with van der Waals surface area (Å²) < 4.78 is 27.8. The predicted molar refractivity (Wildman–Crippen MR) is 98.2 cm³/mol. The van der Waals surface area contributed by atoms with Crippen LogP contribution in [0.15, 0.2) is 36.5 Å². The van der Waals surface area contributed by atoms with Gasteiger partial charge in [-0.1, -0.05) is 18.6 Å². The SMILES string of the molecule is NCC1(c2ccc(C(=O)N3CCCC3c3cccc(F)c3F)cn2)CCC1. The largest absolute Gasteiger partial charge is 0.331 e. The van der Waals surface area contributed by atoms with Crippen LogP contribution in [-0.2, 0) is 5.41 Å². The van der Waals surface area contributed by atoms with E-state index in [1.165, 1.54) is 6.07 Å². The number of amides is 1. The number of hydrogen-bond donors (Lipinski definition) is 1. The van der Waals surface area contributed by atoms with Gasteiger partial charge in [-0.2, -0.15) is 0 Å². The lowest BCUT2D eigenvalue weighted by Gasteiger charge is -2.40. The summed E-state index contributed by atoms with van der Waals surface area (Å²) in [5.41, 5.74) is 7.51. The molecule has 4 nitrogen and oxygen atoms in total. The minimum atomic E-state index is -0.884. The van der Waals surface area contributed by atoms with Gasteiger partial charge in [0.05, 0.1) is 11.6 Å². The van der Waals surface area contributed by atoms with Crippen molar-refractivity contribution < 1.29 is 13.6 Å². The van der Waals surface area contributed by atoms with Crippen molar-refractivity contribution in [3.63, 3.8) is 0 Å². The van der Waals surface area contributed by atoms with E-state index in [1.54, 1.807) is 23.2 Å². The van der Waals surface area contributed by atoms with Gasteiger partial charge in [-0.3, -0.25) is 9.78 Å². The normalized spacial score (nSPS) is 21.1. The smallest absolute Gasteiger partial charge is 0.255 e. The molecule has 2 aromatic rings. The maximum Gasteiger partial charge on any atom is 0.255 e. The molecular weight excluding hydrogens is 348 g/mol. The number of nitrogens with zero attached hydrogens (tertiary/aromatic N) is 2. The third-order valence-corrected chi connectivity index (χ3v) is 6.11. The van der Waals surface area contributed by atoms with Crippen LogP contribution in [0, 0.1) is 11.6 Å². The van der Waals surface area contributed by atoms with Crippen molar-refractivity contribution in [2.45, 2.75) is 43.6 Å². The van der Waals surface area contributed by atoms with Crippen molar-refractivity contribution >= 4 is 5.91 Å². The first-order valence-corrected chi connectivity index (χ1v) is 9.47. The molecule has 6 heteroatoms. The van der Waals surface area contributed by atoms with E-state index in [0.29, 0.717) is 25.1 Å². The second-order valence-electron chi connectivity index (χ2n) is 7.57. The van der Waals surface area contributed by atoms with Crippen LogP contribution < -0.4 is 5.73 Å². The first kappa shape index (κ1) is 18.0. The number of nitrogens with two attached hydrogens (primary N) is 1. The zero-order chi connectivity index (χ0) is 19.0. The van der Waals surface area contributed by atoms with Gasteiger partial charge < -0.3 is 10.6 Å². The molecular formula is C21H23F2N3O. The Labute approximate surface area is 157 Å². The van der Waals surface area contributed by atoms with Crippen molar-refractivity contribution in [3.05, 3.63) is 65.0 Å². The van der Waals surface area contributed by atoms with Crippen molar-refractivity contribution in [1.82, 2.24) is 9.88 Å². The zero-order valence-corrected chi connectivity index (χ0v) is 15.1. The van der Waals surface area contributed by atoms with Crippen LogP contribution in [0.3, 0.4) is 0 Å². The van der Waals surface area contributed by atoms with Gasteiger partial charge >= 0.3 is 0 Å². The molecule has 2 N–H and O–H groups in total. The standard InChI is InChI=1S/C21H23F2N3O/c22-16-5-1-4-15(19(16)23)17-6-2-11-26(17)20(27)14-7-8-18(25-12-14)21(13-24)9-3-10-21/h1,4-5,7-8,12,17H,2-3,6,9-11,13,24H2. The molecule has 2 aliphatic rings. The quantitative estimate of drug-likeness (QED) is 0.891. The van der Waals surface area contributed by atoms with E-state index < -0.39 is 17.7 Å². The van der Waals surface area contributed by atoms with Gasteiger partial charge in [-0.15, -0.1) is 0 Å². The predicted octanol–water partition coefficient (Wildman–Crippen LogP) is 3.72. The number of halogens is 2. The summed E-state index contributed by atoms with van der Waals surface area (Å²) in [7, 11) is 0. The Bertz CT molecular complexity index is 843. The number of likely N-dealkylation sites (tertiary alicyclic amines) is 1. The molecule has 142 valence electrons. The highest BCUT2D eigenvalue weighted by Crippen LogP contribution is 2.42. The highest BCUT2D eigenvalue weighted by Gasteiger charge is 2.39. The molecule has 1 saturated heterocycles. The fourth-order valence-corrected chi connectivity index (χ4v) is 4.28. The van der Waals surface area contributed by atoms with Gasteiger partial charge in [0.25, 0.3) is 5.91 Å². The molecule has 0 bridgehead atoms. The lowest BCUT2D eigenvalue weighted by molar-refractivity contribution is 0.0732. The van der Waals surface area contributed by atoms with Crippen LogP contribution >= 0.6 is 0 Å². The maximum absolute atomic E-state index is 14.2. The second kappa shape index (κ2) is 7.00. The molecule has 1 atom stereocenters. The van der Waals surface area contributed by atoms with Crippen molar-refractivity contribution in [3.8, 4) is 0 Å². The summed E-state index contributed by atoms with van der Waals surface area (Å²) in [6, 6.07) is 7.34. The summed E-state index contributed by atoms with van der Waals surface area (Å²) in [6.45, 7) is 1.08. The molecule has 2 heterocycles. The topological polar surface area (TPSA) is 59.2 Å². The van der Waals surface area contributed by atoms with E-state index in [4.69, 9.17) is 5.73 Å². The highest BCUT2D eigenvalue weighted by molar-refractivity contribution is 5.94. The Morgan fingerprint density at radius 3 is 2.67 bits per heavy atom. The van der Waals surface area contributed by atoms with E-state index >= 15 is 0 Å². The van der Waals surface area contributed by atoms with Gasteiger partial charge in [0, 0.05) is 36.0 Å². The maximum atomic E-state index is 14.2. The molecule has 0 radical (unpaired) electrons. The van der Waals surface area contributed by atoms with Gasteiger partial charge in [-0.25, -0.2) is 8.78 Å². The molecule has 27 heavy (non-hydrogen) atoms. The lowest BCUT2D eigenvalue weighted by Crippen LogP contribution is -2.42. The number of carbonyl (C=O) groups excluding carboxylic acids is 1. The van der Waals surface area contributed by atoms with Gasteiger partial charge in [0.2, 0.25) is 0 Å². The van der Waals surface area contributed by atoms with Crippen LogP contribution in [0.2, 0.25) is 0 Å². The fourth-order valence-electron chi connectivity index (χ4n) is 4.28. The first-order valence-electron chi connectivity index (χ1n) is 9.47. The van der Waals surface area contributed by atoms with Crippen LogP contribution in [0.4, 0.5) is 8.78 Å². The number of hydrogen-bond acceptors (Lipinski definition) is 3. The molecule has 2 fully saturated rings.